The fourth-order valence-electron chi connectivity index (χ4n) is 2.85. The third-order valence-electron chi connectivity index (χ3n) is 4.09. The second kappa shape index (κ2) is 6.98. The quantitative estimate of drug-likeness (QED) is 0.922. The highest BCUT2D eigenvalue weighted by Gasteiger charge is 2.23. The minimum atomic E-state index is 0.0233. The van der Waals surface area contributed by atoms with E-state index < -0.39 is 0 Å². The summed E-state index contributed by atoms with van der Waals surface area (Å²) in [5.74, 6) is 1.25. The Balaban J connectivity index is 2.01. The second-order valence-corrected chi connectivity index (χ2v) is 5.94. The van der Waals surface area contributed by atoms with Crippen LogP contribution in [0.3, 0.4) is 0 Å². The number of carbonyl (C=O) groups excluding carboxylic acids is 1. The standard InChI is InChI=1S/C16H22ClNO2/c1-11-6-3-4-8-14(11)18-16(19)10-12-13(17)7-5-9-15(12)20-2/h5,7,9,11,14H,3-4,6,8,10H2,1-2H3,(H,18,19). The maximum Gasteiger partial charge on any atom is 0.224 e. The van der Waals surface area contributed by atoms with Crippen molar-refractivity contribution in [2.45, 2.75) is 45.1 Å². The summed E-state index contributed by atoms with van der Waals surface area (Å²) in [5, 5.41) is 3.72. The molecular formula is C16H22ClNO2. The van der Waals surface area contributed by atoms with Gasteiger partial charge < -0.3 is 10.1 Å². The molecule has 0 aromatic heterocycles. The highest BCUT2D eigenvalue weighted by Crippen LogP contribution is 2.27. The van der Waals surface area contributed by atoms with Crippen molar-refractivity contribution in [1.82, 2.24) is 5.32 Å². The molecule has 110 valence electrons. The molecule has 2 rings (SSSR count). The van der Waals surface area contributed by atoms with Gasteiger partial charge in [-0.3, -0.25) is 4.79 Å². The first-order chi connectivity index (χ1) is 9.61. The summed E-state index contributed by atoms with van der Waals surface area (Å²) in [4.78, 5) is 12.2. The Hall–Kier alpha value is -1.22. The van der Waals surface area contributed by atoms with Crippen LogP contribution in [0.25, 0.3) is 0 Å². The molecule has 0 bridgehead atoms. The van der Waals surface area contributed by atoms with E-state index >= 15 is 0 Å². The van der Waals surface area contributed by atoms with E-state index in [4.69, 9.17) is 16.3 Å². The van der Waals surface area contributed by atoms with E-state index in [9.17, 15) is 4.79 Å². The lowest BCUT2D eigenvalue weighted by molar-refractivity contribution is -0.121. The molecule has 20 heavy (non-hydrogen) atoms. The molecule has 1 amide bonds. The zero-order chi connectivity index (χ0) is 14.5. The van der Waals surface area contributed by atoms with Gasteiger partial charge in [0.2, 0.25) is 5.91 Å². The van der Waals surface area contributed by atoms with E-state index in [1.807, 2.05) is 12.1 Å². The number of methoxy groups -OCH3 is 1. The van der Waals surface area contributed by atoms with Crippen molar-refractivity contribution in [2.24, 2.45) is 5.92 Å². The molecule has 1 aromatic carbocycles. The van der Waals surface area contributed by atoms with E-state index in [1.165, 1.54) is 19.3 Å². The van der Waals surface area contributed by atoms with Gasteiger partial charge in [0.1, 0.15) is 5.75 Å². The van der Waals surface area contributed by atoms with Gasteiger partial charge in [0, 0.05) is 16.6 Å². The molecule has 0 radical (unpaired) electrons. The maximum atomic E-state index is 12.2. The molecule has 0 heterocycles. The van der Waals surface area contributed by atoms with Crippen molar-refractivity contribution >= 4 is 17.5 Å². The van der Waals surface area contributed by atoms with Crippen LogP contribution in [0.1, 0.15) is 38.2 Å². The summed E-state index contributed by atoms with van der Waals surface area (Å²) >= 11 is 6.16. The molecule has 1 fully saturated rings. The van der Waals surface area contributed by atoms with E-state index in [1.54, 1.807) is 13.2 Å². The minimum absolute atomic E-state index is 0.0233. The Morgan fingerprint density at radius 1 is 1.40 bits per heavy atom. The molecule has 1 N–H and O–H groups in total. The first-order valence-electron chi connectivity index (χ1n) is 7.22. The zero-order valence-electron chi connectivity index (χ0n) is 12.1. The Labute approximate surface area is 125 Å². The molecule has 1 saturated carbocycles. The average Bonchev–Trinajstić information content (AvgIpc) is 2.43. The van der Waals surface area contributed by atoms with Crippen LogP contribution in [0.2, 0.25) is 5.02 Å². The highest BCUT2D eigenvalue weighted by molar-refractivity contribution is 6.31. The summed E-state index contributed by atoms with van der Waals surface area (Å²) in [7, 11) is 1.59. The number of ether oxygens (including phenoxy) is 1. The van der Waals surface area contributed by atoms with Gasteiger partial charge in [-0.15, -0.1) is 0 Å². The summed E-state index contributed by atoms with van der Waals surface area (Å²) in [6.07, 6.45) is 5.01. The van der Waals surface area contributed by atoms with E-state index in [0.29, 0.717) is 22.7 Å². The topological polar surface area (TPSA) is 38.3 Å². The predicted molar refractivity (Wildman–Crippen MR) is 81.3 cm³/mol. The van der Waals surface area contributed by atoms with Crippen molar-refractivity contribution in [1.29, 1.82) is 0 Å². The number of benzene rings is 1. The van der Waals surface area contributed by atoms with E-state index in [0.717, 1.165) is 12.0 Å². The number of hydrogen-bond acceptors (Lipinski definition) is 2. The Morgan fingerprint density at radius 2 is 2.15 bits per heavy atom. The second-order valence-electron chi connectivity index (χ2n) is 5.53. The van der Waals surface area contributed by atoms with Crippen LogP contribution in [0, 0.1) is 5.92 Å². The SMILES string of the molecule is COc1cccc(Cl)c1CC(=O)NC1CCCCC1C. The fourth-order valence-corrected chi connectivity index (χ4v) is 3.08. The first-order valence-corrected chi connectivity index (χ1v) is 7.60. The third-order valence-corrected chi connectivity index (χ3v) is 4.45. The zero-order valence-corrected chi connectivity index (χ0v) is 12.9. The molecule has 1 aliphatic carbocycles. The minimum Gasteiger partial charge on any atom is -0.496 e. The van der Waals surface area contributed by atoms with Gasteiger partial charge in [-0.05, 0) is 30.9 Å². The first kappa shape index (κ1) is 15.2. The van der Waals surface area contributed by atoms with Crippen LogP contribution < -0.4 is 10.1 Å². The highest BCUT2D eigenvalue weighted by atomic mass is 35.5. The molecule has 2 atom stereocenters. The predicted octanol–water partition coefficient (Wildman–Crippen LogP) is 3.59. The van der Waals surface area contributed by atoms with Gasteiger partial charge in [-0.1, -0.05) is 37.4 Å². The molecule has 0 spiro atoms. The molecule has 1 aromatic rings. The van der Waals surface area contributed by atoms with Crippen LogP contribution in [0.4, 0.5) is 0 Å². The van der Waals surface area contributed by atoms with Crippen LogP contribution in [-0.4, -0.2) is 19.1 Å². The lowest BCUT2D eigenvalue weighted by atomic mass is 9.86. The largest absolute Gasteiger partial charge is 0.496 e. The lowest BCUT2D eigenvalue weighted by Gasteiger charge is -2.29. The number of halogens is 1. The number of carbonyl (C=O) groups is 1. The van der Waals surface area contributed by atoms with E-state index in [2.05, 4.69) is 12.2 Å². The van der Waals surface area contributed by atoms with Gasteiger partial charge in [-0.2, -0.15) is 0 Å². The normalized spacial score (nSPS) is 22.4. The summed E-state index contributed by atoms with van der Waals surface area (Å²) in [6.45, 7) is 2.21. The summed E-state index contributed by atoms with van der Waals surface area (Å²) in [5.41, 5.74) is 0.762. The van der Waals surface area contributed by atoms with Crippen molar-refractivity contribution in [3.05, 3.63) is 28.8 Å². The van der Waals surface area contributed by atoms with E-state index in [-0.39, 0.29) is 12.3 Å². The molecule has 0 aliphatic heterocycles. The summed E-state index contributed by atoms with van der Waals surface area (Å²) in [6, 6.07) is 5.74. The smallest absolute Gasteiger partial charge is 0.224 e. The fraction of sp³-hybridized carbons (Fsp3) is 0.562. The molecule has 4 heteroatoms. The number of rotatable bonds is 4. The number of hydrogen-bond donors (Lipinski definition) is 1. The number of amides is 1. The van der Waals surface area contributed by atoms with Crippen molar-refractivity contribution in [3.8, 4) is 5.75 Å². The van der Waals surface area contributed by atoms with Gasteiger partial charge in [0.15, 0.2) is 0 Å². The van der Waals surface area contributed by atoms with Crippen LogP contribution >= 0.6 is 11.6 Å². The van der Waals surface area contributed by atoms with Gasteiger partial charge >= 0.3 is 0 Å². The van der Waals surface area contributed by atoms with Gasteiger partial charge in [0.25, 0.3) is 0 Å². The molecule has 0 saturated heterocycles. The molecule has 3 nitrogen and oxygen atoms in total. The molecule has 1 aliphatic rings. The van der Waals surface area contributed by atoms with Gasteiger partial charge in [0.05, 0.1) is 13.5 Å². The van der Waals surface area contributed by atoms with Crippen LogP contribution in [0.15, 0.2) is 18.2 Å². The Kier molecular flexibility index (Phi) is 5.30. The Morgan fingerprint density at radius 3 is 2.85 bits per heavy atom. The molecule has 2 unspecified atom stereocenters. The monoisotopic (exact) mass is 295 g/mol. The van der Waals surface area contributed by atoms with Crippen molar-refractivity contribution in [2.75, 3.05) is 7.11 Å². The summed E-state index contributed by atoms with van der Waals surface area (Å²) < 4.78 is 5.27. The number of nitrogens with one attached hydrogen (secondary N) is 1. The van der Waals surface area contributed by atoms with Crippen molar-refractivity contribution in [3.63, 3.8) is 0 Å². The van der Waals surface area contributed by atoms with Crippen molar-refractivity contribution < 1.29 is 9.53 Å². The van der Waals surface area contributed by atoms with Crippen LogP contribution in [-0.2, 0) is 11.2 Å². The average molecular weight is 296 g/mol. The molecular weight excluding hydrogens is 274 g/mol. The third kappa shape index (κ3) is 3.66. The van der Waals surface area contributed by atoms with Crippen LogP contribution in [0.5, 0.6) is 5.75 Å². The maximum absolute atomic E-state index is 12.2. The Bertz CT molecular complexity index is 476. The lowest BCUT2D eigenvalue weighted by Crippen LogP contribution is -2.41. The van der Waals surface area contributed by atoms with Gasteiger partial charge in [-0.25, -0.2) is 0 Å².